The van der Waals surface area contributed by atoms with Crippen LogP contribution >= 0.6 is 0 Å². The van der Waals surface area contributed by atoms with Crippen molar-refractivity contribution in [2.24, 2.45) is 5.92 Å². The van der Waals surface area contributed by atoms with E-state index in [2.05, 4.69) is 17.1 Å². The predicted octanol–water partition coefficient (Wildman–Crippen LogP) is 2.30. The Morgan fingerprint density at radius 2 is 2.17 bits per heavy atom. The van der Waals surface area contributed by atoms with Gasteiger partial charge < -0.3 is 10.2 Å². The summed E-state index contributed by atoms with van der Waals surface area (Å²) in [5, 5.41) is 3.37. The average molecular weight is 250 g/mol. The van der Waals surface area contributed by atoms with E-state index < -0.39 is 0 Å². The second kappa shape index (κ2) is 6.30. The Balaban J connectivity index is 1.83. The number of hydrogen-bond donors (Lipinski definition) is 1. The minimum Gasteiger partial charge on any atom is -0.317 e. The maximum absolute atomic E-state index is 13.5. The highest BCUT2D eigenvalue weighted by atomic mass is 19.1. The molecule has 0 spiro atoms. The van der Waals surface area contributed by atoms with Gasteiger partial charge in [-0.05, 0) is 44.0 Å². The van der Waals surface area contributed by atoms with Crippen LogP contribution < -0.4 is 5.32 Å². The highest BCUT2D eigenvalue weighted by Crippen LogP contribution is 2.17. The van der Waals surface area contributed by atoms with Crippen molar-refractivity contribution in [3.63, 3.8) is 0 Å². The van der Waals surface area contributed by atoms with E-state index in [1.807, 2.05) is 19.2 Å². The molecule has 100 valence electrons. The molecule has 1 N–H and O–H groups in total. The third kappa shape index (κ3) is 3.30. The molecule has 1 aromatic carbocycles. The van der Waals surface area contributed by atoms with Crippen molar-refractivity contribution in [3.8, 4) is 0 Å². The molecule has 1 aliphatic rings. The summed E-state index contributed by atoms with van der Waals surface area (Å²) in [5.74, 6) is 0.597. The van der Waals surface area contributed by atoms with Gasteiger partial charge in [0.2, 0.25) is 0 Å². The monoisotopic (exact) mass is 250 g/mol. The fraction of sp³-hybridized carbons (Fsp3) is 0.600. The zero-order valence-corrected chi connectivity index (χ0v) is 11.3. The Hall–Kier alpha value is -0.930. The summed E-state index contributed by atoms with van der Waals surface area (Å²) in [7, 11) is 2.04. The lowest BCUT2D eigenvalue weighted by atomic mass is 9.94. The van der Waals surface area contributed by atoms with E-state index in [0.29, 0.717) is 12.0 Å². The maximum Gasteiger partial charge on any atom is 0.126 e. The molecule has 0 saturated carbocycles. The lowest BCUT2D eigenvalue weighted by Gasteiger charge is -2.36. The summed E-state index contributed by atoms with van der Waals surface area (Å²) >= 11 is 0. The molecule has 0 radical (unpaired) electrons. The third-order valence-electron chi connectivity index (χ3n) is 4.02. The molecule has 2 unspecified atom stereocenters. The van der Waals surface area contributed by atoms with Gasteiger partial charge in [0.05, 0.1) is 0 Å². The normalized spacial score (nSPS) is 25.3. The van der Waals surface area contributed by atoms with Gasteiger partial charge >= 0.3 is 0 Å². The number of rotatable bonds is 4. The predicted molar refractivity (Wildman–Crippen MR) is 73.2 cm³/mol. The lowest BCUT2D eigenvalue weighted by Crippen LogP contribution is -2.47. The molecule has 0 aliphatic carbocycles. The SMILES string of the molecule is CNC1CCN(CCc2ccccc2F)CC1C. The van der Waals surface area contributed by atoms with Gasteiger partial charge in [-0.1, -0.05) is 25.1 Å². The van der Waals surface area contributed by atoms with Crippen molar-refractivity contribution in [1.29, 1.82) is 0 Å². The number of nitrogens with one attached hydrogen (secondary N) is 1. The summed E-state index contributed by atoms with van der Waals surface area (Å²) < 4.78 is 13.5. The quantitative estimate of drug-likeness (QED) is 0.882. The van der Waals surface area contributed by atoms with Crippen LogP contribution in [0.2, 0.25) is 0 Å². The topological polar surface area (TPSA) is 15.3 Å². The second-order valence-electron chi connectivity index (χ2n) is 5.30. The average Bonchev–Trinajstić information content (AvgIpc) is 2.38. The van der Waals surface area contributed by atoms with Crippen LogP contribution in [0, 0.1) is 11.7 Å². The maximum atomic E-state index is 13.5. The molecule has 3 heteroatoms. The fourth-order valence-corrected chi connectivity index (χ4v) is 2.84. The van der Waals surface area contributed by atoms with E-state index in [0.717, 1.165) is 31.6 Å². The minimum absolute atomic E-state index is 0.0735. The minimum atomic E-state index is -0.0735. The summed E-state index contributed by atoms with van der Waals surface area (Å²) in [6, 6.07) is 7.73. The van der Waals surface area contributed by atoms with E-state index >= 15 is 0 Å². The molecule has 0 bridgehead atoms. The molecule has 18 heavy (non-hydrogen) atoms. The second-order valence-corrected chi connectivity index (χ2v) is 5.30. The number of piperidine rings is 1. The third-order valence-corrected chi connectivity index (χ3v) is 4.02. The molecular weight excluding hydrogens is 227 g/mol. The molecule has 2 nitrogen and oxygen atoms in total. The molecule has 1 fully saturated rings. The number of benzene rings is 1. The van der Waals surface area contributed by atoms with Gasteiger partial charge in [0.1, 0.15) is 5.82 Å². The first-order valence-electron chi connectivity index (χ1n) is 6.83. The summed E-state index contributed by atoms with van der Waals surface area (Å²) in [4.78, 5) is 2.45. The summed E-state index contributed by atoms with van der Waals surface area (Å²) in [6.45, 7) is 5.47. The molecule has 1 heterocycles. The molecule has 2 atom stereocenters. The zero-order valence-electron chi connectivity index (χ0n) is 11.3. The number of hydrogen-bond acceptors (Lipinski definition) is 2. The molecule has 2 rings (SSSR count). The lowest BCUT2D eigenvalue weighted by molar-refractivity contribution is 0.152. The van der Waals surface area contributed by atoms with E-state index in [9.17, 15) is 4.39 Å². The Morgan fingerprint density at radius 3 is 2.83 bits per heavy atom. The Kier molecular flexibility index (Phi) is 4.72. The van der Waals surface area contributed by atoms with Crippen LogP contribution in [0.3, 0.4) is 0 Å². The summed E-state index contributed by atoms with van der Waals surface area (Å²) in [6.07, 6.45) is 2.00. The van der Waals surface area contributed by atoms with Gasteiger partial charge in [-0.2, -0.15) is 0 Å². The van der Waals surface area contributed by atoms with Crippen molar-refractivity contribution in [1.82, 2.24) is 10.2 Å². The molecule has 0 amide bonds. The zero-order chi connectivity index (χ0) is 13.0. The van der Waals surface area contributed by atoms with Crippen LogP contribution in [0.1, 0.15) is 18.9 Å². The van der Waals surface area contributed by atoms with Gasteiger partial charge in [0, 0.05) is 19.1 Å². The van der Waals surface area contributed by atoms with Crippen molar-refractivity contribution < 1.29 is 4.39 Å². The van der Waals surface area contributed by atoms with Crippen LogP contribution in [0.5, 0.6) is 0 Å². The molecule has 0 aromatic heterocycles. The van der Waals surface area contributed by atoms with E-state index in [1.165, 1.54) is 6.42 Å². The smallest absolute Gasteiger partial charge is 0.126 e. The van der Waals surface area contributed by atoms with Crippen LogP contribution in [0.15, 0.2) is 24.3 Å². The van der Waals surface area contributed by atoms with Crippen molar-refractivity contribution in [2.75, 3.05) is 26.7 Å². The first kappa shape index (κ1) is 13.5. The number of halogens is 1. The Morgan fingerprint density at radius 1 is 1.39 bits per heavy atom. The largest absolute Gasteiger partial charge is 0.317 e. The van der Waals surface area contributed by atoms with Gasteiger partial charge in [-0.3, -0.25) is 0 Å². The first-order valence-corrected chi connectivity index (χ1v) is 6.83. The molecule has 1 saturated heterocycles. The standard InChI is InChI=1S/C15H23FN2/c1-12-11-18(10-8-15(12)17-2)9-7-13-5-3-4-6-14(13)16/h3-6,12,15,17H,7-11H2,1-2H3. The van der Waals surface area contributed by atoms with Crippen LogP contribution in [0.4, 0.5) is 4.39 Å². The van der Waals surface area contributed by atoms with Crippen LogP contribution in [0.25, 0.3) is 0 Å². The van der Waals surface area contributed by atoms with Gasteiger partial charge in [0.25, 0.3) is 0 Å². The first-order chi connectivity index (χ1) is 8.70. The Bertz CT molecular complexity index is 381. The van der Waals surface area contributed by atoms with Crippen LogP contribution in [-0.2, 0) is 6.42 Å². The van der Waals surface area contributed by atoms with Crippen LogP contribution in [-0.4, -0.2) is 37.6 Å². The van der Waals surface area contributed by atoms with Crippen molar-refractivity contribution >= 4 is 0 Å². The highest BCUT2D eigenvalue weighted by Gasteiger charge is 2.24. The van der Waals surface area contributed by atoms with Crippen molar-refractivity contribution in [3.05, 3.63) is 35.6 Å². The highest BCUT2D eigenvalue weighted by molar-refractivity contribution is 5.17. The number of likely N-dealkylation sites (tertiary alicyclic amines) is 1. The van der Waals surface area contributed by atoms with E-state index in [1.54, 1.807) is 12.1 Å². The van der Waals surface area contributed by atoms with E-state index in [-0.39, 0.29) is 5.82 Å². The van der Waals surface area contributed by atoms with E-state index in [4.69, 9.17) is 0 Å². The molecule has 1 aromatic rings. The molecular formula is C15H23FN2. The Labute approximate surface area is 109 Å². The van der Waals surface area contributed by atoms with Gasteiger partial charge in [-0.15, -0.1) is 0 Å². The van der Waals surface area contributed by atoms with Crippen molar-refractivity contribution in [2.45, 2.75) is 25.8 Å². The van der Waals surface area contributed by atoms with Gasteiger partial charge in [-0.25, -0.2) is 4.39 Å². The molecule has 1 aliphatic heterocycles. The number of nitrogens with zero attached hydrogens (tertiary/aromatic N) is 1. The summed E-state index contributed by atoms with van der Waals surface area (Å²) in [5.41, 5.74) is 0.834. The fourth-order valence-electron chi connectivity index (χ4n) is 2.84. The van der Waals surface area contributed by atoms with Gasteiger partial charge in [0.15, 0.2) is 0 Å².